The zero-order valence-electron chi connectivity index (χ0n) is 11.8. The van der Waals surface area contributed by atoms with Crippen molar-refractivity contribution in [3.8, 4) is 6.07 Å². The van der Waals surface area contributed by atoms with Gasteiger partial charge < -0.3 is 10.6 Å². The molecule has 106 valence electrons. The molecule has 5 heteroatoms. The summed E-state index contributed by atoms with van der Waals surface area (Å²) in [7, 11) is 0. The fourth-order valence-electron chi connectivity index (χ4n) is 1.85. The second-order valence-corrected chi connectivity index (χ2v) is 4.49. The molecule has 0 saturated heterocycles. The molecular formula is C16H16N4O. The summed E-state index contributed by atoms with van der Waals surface area (Å²) in [4.78, 5) is 16.3. The minimum Gasteiger partial charge on any atom is -0.384 e. The number of benzene rings is 1. The molecule has 0 spiro atoms. The van der Waals surface area contributed by atoms with E-state index in [0.29, 0.717) is 16.8 Å². The summed E-state index contributed by atoms with van der Waals surface area (Å²) >= 11 is 0. The normalized spacial score (nSPS) is 9.71. The first-order valence-corrected chi connectivity index (χ1v) is 6.74. The molecule has 2 N–H and O–H groups in total. The van der Waals surface area contributed by atoms with Crippen molar-refractivity contribution in [1.29, 1.82) is 5.26 Å². The van der Waals surface area contributed by atoms with E-state index in [1.165, 1.54) is 6.20 Å². The molecule has 21 heavy (non-hydrogen) atoms. The van der Waals surface area contributed by atoms with E-state index >= 15 is 0 Å². The highest BCUT2D eigenvalue weighted by Gasteiger charge is 2.11. The number of pyridine rings is 1. The summed E-state index contributed by atoms with van der Waals surface area (Å²) in [5.41, 5.74) is 2.32. The molecule has 2 aromatic rings. The van der Waals surface area contributed by atoms with Crippen molar-refractivity contribution >= 4 is 17.3 Å². The fraction of sp³-hybridized carbons (Fsp3) is 0.188. The van der Waals surface area contributed by atoms with Crippen LogP contribution in [0, 0.1) is 11.3 Å². The standard InChI is InChI=1S/C16H16N4O/c1-2-7-19-15-6-8-18-11-14(15)16(21)20-13-5-3-4-12(9-13)10-17/h3-6,8-9,11H,2,7H2,1H3,(H,18,19)(H,20,21). The molecule has 0 bridgehead atoms. The van der Waals surface area contributed by atoms with Crippen molar-refractivity contribution in [1.82, 2.24) is 4.98 Å². The van der Waals surface area contributed by atoms with Gasteiger partial charge in [-0.25, -0.2) is 0 Å². The van der Waals surface area contributed by atoms with E-state index in [1.54, 1.807) is 36.5 Å². The van der Waals surface area contributed by atoms with Crippen LogP contribution in [0.4, 0.5) is 11.4 Å². The predicted octanol–water partition coefficient (Wildman–Crippen LogP) is 3.03. The molecule has 1 amide bonds. The molecule has 0 fully saturated rings. The summed E-state index contributed by atoms with van der Waals surface area (Å²) in [6.07, 6.45) is 4.14. The van der Waals surface area contributed by atoms with Crippen molar-refractivity contribution in [3.05, 3.63) is 53.9 Å². The summed E-state index contributed by atoms with van der Waals surface area (Å²) in [6.45, 7) is 2.84. The Labute approximate surface area is 123 Å². The van der Waals surface area contributed by atoms with Crippen LogP contribution in [0.15, 0.2) is 42.7 Å². The van der Waals surface area contributed by atoms with Crippen LogP contribution in [0.5, 0.6) is 0 Å². The number of anilines is 2. The van der Waals surface area contributed by atoms with Crippen LogP contribution in [0.1, 0.15) is 29.3 Å². The Morgan fingerprint density at radius 3 is 3.00 bits per heavy atom. The monoisotopic (exact) mass is 280 g/mol. The molecule has 5 nitrogen and oxygen atoms in total. The number of rotatable bonds is 5. The van der Waals surface area contributed by atoms with Crippen LogP contribution >= 0.6 is 0 Å². The fourth-order valence-corrected chi connectivity index (χ4v) is 1.85. The van der Waals surface area contributed by atoms with Gasteiger partial charge in [0.2, 0.25) is 0 Å². The van der Waals surface area contributed by atoms with Crippen molar-refractivity contribution in [2.75, 3.05) is 17.2 Å². The Bertz CT molecular complexity index is 676. The highest BCUT2D eigenvalue weighted by molar-refractivity contribution is 6.07. The van der Waals surface area contributed by atoms with Crippen LogP contribution < -0.4 is 10.6 Å². The van der Waals surface area contributed by atoms with E-state index < -0.39 is 0 Å². The lowest BCUT2D eigenvalue weighted by atomic mass is 10.2. The van der Waals surface area contributed by atoms with Crippen LogP contribution in [-0.4, -0.2) is 17.4 Å². The van der Waals surface area contributed by atoms with Gasteiger partial charge in [-0.1, -0.05) is 13.0 Å². The number of nitrogens with one attached hydrogen (secondary N) is 2. The number of nitrogens with zero attached hydrogens (tertiary/aromatic N) is 2. The topological polar surface area (TPSA) is 77.8 Å². The van der Waals surface area contributed by atoms with Crippen molar-refractivity contribution in [2.24, 2.45) is 0 Å². The highest BCUT2D eigenvalue weighted by atomic mass is 16.1. The van der Waals surface area contributed by atoms with Gasteiger partial charge in [0.25, 0.3) is 5.91 Å². The van der Waals surface area contributed by atoms with Crippen molar-refractivity contribution < 1.29 is 4.79 Å². The Hall–Kier alpha value is -2.87. The number of amides is 1. The van der Waals surface area contributed by atoms with E-state index in [1.807, 2.05) is 6.07 Å². The Morgan fingerprint density at radius 1 is 1.38 bits per heavy atom. The van der Waals surface area contributed by atoms with Gasteiger partial charge in [-0.3, -0.25) is 9.78 Å². The maximum Gasteiger partial charge on any atom is 0.259 e. The molecule has 1 aromatic heterocycles. The van der Waals surface area contributed by atoms with Crippen LogP contribution in [0.3, 0.4) is 0 Å². The Morgan fingerprint density at radius 2 is 2.24 bits per heavy atom. The molecule has 0 saturated carbocycles. The zero-order chi connectivity index (χ0) is 15.1. The molecule has 1 aromatic carbocycles. The molecule has 2 rings (SSSR count). The van der Waals surface area contributed by atoms with E-state index in [2.05, 4.69) is 22.5 Å². The maximum atomic E-state index is 12.3. The number of aromatic nitrogens is 1. The molecule has 0 aliphatic heterocycles. The third kappa shape index (κ3) is 3.80. The summed E-state index contributed by atoms with van der Waals surface area (Å²) in [5.74, 6) is -0.253. The van der Waals surface area contributed by atoms with E-state index in [0.717, 1.165) is 18.7 Å². The first-order valence-electron chi connectivity index (χ1n) is 6.74. The van der Waals surface area contributed by atoms with Gasteiger partial charge in [0.15, 0.2) is 0 Å². The van der Waals surface area contributed by atoms with Gasteiger partial charge in [-0.15, -0.1) is 0 Å². The van der Waals surface area contributed by atoms with E-state index in [-0.39, 0.29) is 5.91 Å². The number of carbonyl (C=O) groups excluding carboxylic acids is 1. The van der Waals surface area contributed by atoms with E-state index in [9.17, 15) is 4.79 Å². The lowest BCUT2D eigenvalue weighted by Crippen LogP contribution is -2.15. The predicted molar refractivity (Wildman–Crippen MR) is 82.1 cm³/mol. The smallest absolute Gasteiger partial charge is 0.259 e. The lowest BCUT2D eigenvalue weighted by molar-refractivity contribution is 0.102. The van der Waals surface area contributed by atoms with Gasteiger partial charge in [-0.2, -0.15) is 5.26 Å². The SMILES string of the molecule is CCCNc1ccncc1C(=O)Nc1cccc(C#N)c1. The summed E-state index contributed by atoms with van der Waals surface area (Å²) in [6, 6.07) is 10.6. The van der Waals surface area contributed by atoms with Gasteiger partial charge in [-0.05, 0) is 30.7 Å². The first-order chi connectivity index (χ1) is 10.2. The first kappa shape index (κ1) is 14.5. The number of hydrogen-bond acceptors (Lipinski definition) is 4. The minimum atomic E-state index is -0.253. The molecule has 0 atom stereocenters. The third-order valence-electron chi connectivity index (χ3n) is 2.88. The van der Waals surface area contributed by atoms with Crippen LogP contribution in [-0.2, 0) is 0 Å². The molecular weight excluding hydrogens is 264 g/mol. The van der Waals surface area contributed by atoms with Crippen LogP contribution in [0.25, 0.3) is 0 Å². The van der Waals surface area contributed by atoms with Gasteiger partial charge in [0, 0.05) is 24.6 Å². The maximum absolute atomic E-state index is 12.3. The number of carbonyl (C=O) groups is 1. The second-order valence-electron chi connectivity index (χ2n) is 4.49. The van der Waals surface area contributed by atoms with Crippen molar-refractivity contribution in [2.45, 2.75) is 13.3 Å². The molecule has 0 aliphatic carbocycles. The van der Waals surface area contributed by atoms with Gasteiger partial charge in [0.1, 0.15) is 0 Å². The average Bonchev–Trinajstić information content (AvgIpc) is 2.53. The Kier molecular flexibility index (Phi) is 4.89. The van der Waals surface area contributed by atoms with Crippen molar-refractivity contribution in [3.63, 3.8) is 0 Å². The quantitative estimate of drug-likeness (QED) is 0.882. The van der Waals surface area contributed by atoms with Gasteiger partial charge >= 0.3 is 0 Å². The number of hydrogen-bond donors (Lipinski definition) is 2. The highest BCUT2D eigenvalue weighted by Crippen LogP contribution is 2.17. The zero-order valence-corrected chi connectivity index (χ0v) is 11.8. The van der Waals surface area contributed by atoms with Gasteiger partial charge in [0.05, 0.1) is 22.9 Å². The number of nitriles is 1. The molecule has 0 radical (unpaired) electrons. The molecule has 0 aliphatic rings. The third-order valence-corrected chi connectivity index (χ3v) is 2.88. The average molecular weight is 280 g/mol. The molecule has 1 heterocycles. The summed E-state index contributed by atoms with van der Waals surface area (Å²) < 4.78 is 0. The minimum absolute atomic E-state index is 0.253. The van der Waals surface area contributed by atoms with Crippen LogP contribution in [0.2, 0.25) is 0 Å². The largest absolute Gasteiger partial charge is 0.384 e. The lowest BCUT2D eigenvalue weighted by Gasteiger charge is -2.11. The Balaban J connectivity index is 2.18. The second kappa shape index (κ2) is 7.06. The van der Waals surface area contributed by atoms with E-state index in [4.69, 9.17) is 5.26 Å². The molecule has 0 unspecified atom stereocenters. The summed E-state index contributed by atoms with van der Waals surface area (Å²) in [5, 5.41) is 14.9.